The fraction of sp³-hybridized carbons (Fsp3) is 0.500. The molecular formula is C22H22ClF4N3O6. The van der Waals surface area contributed by atoms with Crippen LogP contribution in [0.5, 0.6) is 0 Å². The van der Waals surface area contributed by atoms with Gasteiger partial charge in [-0.3, -0.25) is 4.79 Å². The third-order valence-corrected chi connectivity index (χ3v) is 7.12. The number of nitrogens with two attached hydrogens (primary N) is 1. The number of carboxylic acids is 2. The number of benzene rings is 1. The van der Waals surface area contributed by atoms with Crippen molar-refractivity contribution in [3.63, 3.8) is 0 Å². The first kappa shape index (κ1) is 26.2. The topological polar surface area (TPSA) is 135 Å². The summed E-state index contributed by atoms with van der Waals surface area (Å²) in [6.45, 7) is 1.98. The zero-order valence-corrected chi connectivity index (χ0v) is 19.4. The van der Waals surface area contributed by atoms with E-state index in [4.69, 9.17) is 32.0 Å². The fourth-order valence-corrected chi connectivity index (χ4v) is 5.26. The maximum atomic E-state index is 15.2. The number of hydrogen-bond acceptors (Lipinski definition) is 6. The van der Waals surface area contributed by atoms with E-state index in [1.54, 1.807) is 4.57 Å². The van der Waals surface area contributed by atoms with E-state index >= 15 is 4.39 Å². The molecule has 2 aromatic rings. The van der Waals surface area contributed by atoms with Crippen LogP contribution >= 0.6 is 11.6 Å². The highest BCUT2D eigenvalue weighted by atomic mass is 35.5. The van der Waals surface area contributed by atoms with Crippen molar-refractivity contribution in [3.8, 4) is 0 Å². The minimum atomic E-state index is -5.08. The van der Waals surface area contributed by atoms with Crippen LogP contribution in [-0.4, -0.2) is 64.7 Å². The van der Waals surface area contributed by atoms with Gasteiger partial charge in [0.1, 0.15) is 17.0 Å². The number of nitrogens with zero attached hydrogens (tertiary/aromatic N) is 2. The van der Waals surface area contributed by atoms with Crippen molar-refractivity contribution in [3.05, 3.63) is 38.9 Å². The van der Waals surface area contributed by atoms with Crippen molar-refractivity contribution in [1.29, 1.82) is 0 Å². The number of aromatic carboxylic acids is 1. The van der Waals surface area contributed by atoms with Gasteiger partial charge in [0.25, 0.3) is 0 Å². The number of halogens is 5. The van der Waals surface area contributed by atoms with Gasteiger partial charge in [0.2, 0.25) is 5.43 Å². The van der Waals surface area contributed by atoms with Crippen LogP contribution in [-0.2, 0) is 9.53 Å². The van der Waals surface area contributed by atoms with Gasteiger partial charge < -0.3 is 30.2 Å². The van der Waals surface area contributed by atoms with E-state index in [9.17, 15) is 27.9 Å². The Morgan fingerprint density at radius 2 is 1.89 bits per heavy atom. The Labute approximate surface area is 206 Å². The molecule has 3 fully saturated rings. The Bertz CT molecular complexity index is 1300. The van der Waals surface area contributed by atoms with Crippen LogP contribution in [0, 0.1) is 11.7 Å². The van der Waals surface area contributed by atoms with E-state index in [0.29, 0.717) is 31.8 Å². The van der Waals surface area contributed by atoms with Gasteiger partial charge in [-0.2, -0.15) is 13.2 Å². The highest BCUT2D eigenvalue weighted by Gasteiger charge is 2.51. The summed E-state index contributed by atoms with van der Waals surface area (Å²) in [5, 5.41) is 16.6. The van der Waals surface area contributed by atoms with Crippen molar-refractivity contribution in [2.24, 2.45) is 11.7 Å². The van der Waals surface area contributed by atoms with Crippen LogP contribution < -0.4 is 16.1 Å². The Balaban J connectivity index is 0.000000384. The number of carboxylic acid groups (broad SMARTS) is 2. The normalized spacial score (nSPS) is 23.4. The highest BCUT2D eigenvalue weighted by molar-refractivity contribution is 6.38. The molecule has 3 heterocycles. The number of ether oxygens (including phenoxy) is 1. The molecule has 2 unspecified atom stereocenters. The first-order chi connectivity index (χ1) is 16.8. The smallest absolute Gasteiger partial charge is 0.477 e. The second-order valence-electron chi connectivity index (χ2n) is 9.02. The third-order valence-electron chi connectivity index (χ3n) is 6.76. The molecule has 9 nitrogen and oxygen atoms in total. The minimum absolute atomic E-state index is 0.00720. The lowest BCUT2D eigenvalue weighted by Gasteiger charge is -2.28. The van der Waals surface area contributed by atoms with Crippen molar-refractivity contribution in [2.75, 3.05) is 31.1 Å². The monoisotopic (exact) mass is 535 g/mol. The van der Waals surface area contributed by atoms with Crippen LogP contribution in [0.4, 0.5) is 23.2 Å². The van der Waals surface area contributed by atoms with E-state index in [1.807, 2.05) is 4.90 Å². The van der Waals surface area contributed by atoms with Crippen molar-refractivity contribution in [1.82, 2.24) is 4.57 Å². The summed E-state index contributed by atoms with van der Waals surface area (Å²) in [7, 11) is 0. The first-order valence-corrected chi connectivity index (χ1v) is 11.4. The number of hydrogen-bond donors (Lipinski definition) is 3. The van der Waals surface area contributed by atoms with Gasteiger partial charge >= 0.3 is 18.1 Å². The van der Waals surface area contributed by atoms with Gasteiger partial charge in [-0.15, -0.1) is 0 Å². The van der Waals surface area contributed by atoms with Crippen LogP contribution in [0.15, 0.2) is 17.1 Å². The van der Waals surface area contributed by atoms with Crippen molar-refractivity contribution in [2.45, 2.75) is 37.1 Å². The standard InChI is InChI=1S/C20H21ClFN3O4.C2HF3O2/c21-15-16-12(18(26)13(19(27)28)7-25(16)11-1-2-11)5-14(22)17(15)24-6-10-3-4-29-20(10,8-23)9-24;3-2(4,5)1(6)7/h5,7,10-11H,1-4,6,8-9,23H2,(H,27,28);(H,6,7). The molecule has 0 bridgehead atoms. The molecular weight excluding hydrogens is 514 g/mol. The average Bonchev–Trinajstić information content (AvgIpc) is 3.46. The molecule has 2 atom stereocenters. The van der Waals surface area contributed by atoms with Crippen molar-refractivity contribution >= 4 is 40.1 Å². The van der Waals surface area contributed by atoms with E-state index in [2.05, 4.69) is 0 Å². The van der Waals surface area contributed by atoms with Gasteiger partial charge in [-0.25, -0.2) is 14.0 Å². The number of alkyl halides is 3. The molecule has 3 aliphatic rings. The maximum absolute atomic E-state index is 15.2. The Kier molecular flexibility index (Phi) is 6.69. The summed E-state index contributed by atoms with van der Waals surface area (Å²) in [5.74, 6) is -4.54. The highest BCUT2D eigenvalue weighted by Crippen LogP contribution is 2.46. The Morgan fingerprint density at radius 3 is 2.39 bits per heavy atom. The number of aliphatic carboxylic acids is 1. The first-order valence-electron chi connectivity index (χ1n) is 11.0. The lowest BCUT2D eigenvalue weighted by molar-refractivity contribution is -0.192. The van der Waals surface area contributed by atoms with Gasteiger partial charge in [0, 0.05) is 44.4 Å². The molecule has 2 aliphatic heterocycles. The minimum Gasteiger partial charge on any atom is -0.477 e. The summed E-state index contributed by atoms with van der Waals surface area (Å²) in [4.78, 5) is 34.9. The summed E-state index contributed by atoms with van der Waals surface area (Å²) >= 11 is 6.69. The summed E-state index contributed by atoms with van der Waals surface area (Å²) in [6, 6.07) is 1.18. The Morgan fingerprint density at radius 1 is 1.25 bits per heavy atom. The molecule has 196 valence electrons. The van der Waals surface area contributed by atoms with E-state index in [0.717, 1.165) is 25.3 Å². The molecule has 1 aromatic heterocycles. The molecule has 36 heavy (non-hydrogen) atoms. The molecule has 1 aliphatic carbocycles. The van der Waals surface area contributed by atoms with E-state index in [1.165, 1.54) is 6.20 Å². The van der Waals surface area contributed by atoms with E-state index in [-0.39, 0.29) is 33.6 Å². The number of carbonyl (C=O) groups is 2. The van der Waals surface area contributed by atoms with Gasteiger partial charge in [0.15, 0.2) is 0 Å². The summed E-state index contributed by atoms with van der Waals surface area (Å²) in [6.07, 6.45) is -1.18. The second-order valence-corrected chi connectivity index (χ2v) is 9.40. The molecule has 14 heteroatoms. The van der Waals surface area contributed by atoms with Crippen LogP contribution in [0.1, 0.15) is 35.7 Å². The molecule has 1 saturated carbocycles. The molecule has 0 spiro atoms. The quantitative estimate of drug-likeness (QED) is 0.509. The SMILES string of the molecule is NCC12CN(c3c(F)cc4c(=O)c(C(=O)O)cn(C5CC5)c4c3Cl)CC1CCO2.O=C(O)C(F)(F)F. The number of pyridine rings is 1. The summed E-state index contributed by atoms with van der Waals surface area (Å²) in [5.41, 5.74) is 4.98. The van der Waals surface area contributed by atoms with E-state index < -0.39 is 35.0 Å². The average molecular weight is 536 g/mol. The molecule has 2 saturated heterocycles. The van der Waals surface area contributed by atoms with Crippen LogP contribution in [0.2, 0.25) is 5.02 Å². The fourth-order valence-electron chi connectivity index (χ4n) is 4.85. The molecule has 0 radical (unpaired) electrons. The number of anilines is 1. The van der Waals surface area contributed by atoms with Crippen LogP contribution in [0.3, 0.4) is 0 Å². The maximum Gasteiger partial charge on any atom is 0.490 e. The molecule has 1 aromatic carbocycles. The third kappa shape index (κ3) is 4.50. The Hall–Kier alpha value is -2.90. The number of rotatable bonds is 4. The summed E-state index contributed by atoms with van der Waals surface area (Å²) < 4.78 is 54.6. The number of aromatic nitrogens is 1. The van der Waals surface area contributed by atoms with Gasteiger partial charge in [0.05, 0.1) is 21.6 Å². The molecule has 0 amide bonds. The van der Waals surface area contributed by atoms with Crippen molar-refractivity contribution < 1.29 is 42.1 Å². The zero-order chi connectivity index (χ0) is 26.6. The molecule has 5 rings (SSSR count). The number of fused-ring (bicyclic) bond motifs is 2. The second kappa shape index (κ2) is 9.20. The molecule has 4 N–H and O–H groups in total. The predicted molar refractivity (Wildman–Crippen MR) is 120 cm³/mol. The largest absolute Gasteiger partial charge is 0.490 e. The lowest BCUT2D eigenvalue weighted by atomic mass is 9.91. The predicted octanol–water partition coefficient (Wildman–Crippen LogP) is 3.01. The zero-order valence-electron chi connectivity index (χ0n) is 18.6. The lowest BCUT2D eigenvalue weighted by Crippen LogP contribution is -2.44. The van der Waals surface area contributed by atoms with Gasteiger partial charge in [-0.05, 0) is 25.3 Å². The van der Waals surface area contributed by atoms with Gasteiger partial charge in [-0.1, -0.05) is 11.6 Å². The van der Waals surface area contributed by atoms with Crippen LogP contribution in [0.25, 0.3) is 10.9 Å².